The van der Waals surface area contributed by atoms with Gasteiger partial charge in [0, 0.05) is 31.0 Å². The van der Waals surface area contributed by atoms with Gasteiger partial charge in [-0.05, 0) is 58.2 Å². The van der Waals surface area contributed by atoms with E-state index >= 15 is 0 Å². The lowest BCUT2D eigenvalue weighted by Gasteiger charge is -2.32. The summed E-state index contributed by atoms with van der Waals surface area (Å²) in [5.74, 6) is 0.179. The molecule has 3 aliphatic heterocycles. The molecule has 2 N–H and O–H groups in total. The normalized spacial score (nSPS) is 22.5. The molecule has 0 spiro atoms. The lowest BCUT2D eigenvalue weighted by atomic mass is 9.90. The van der Waals surface area contributed by atoms with Gasteiger partial charge in [-0.2, -0.15) is 0 Å². The van der Waals surface area contributed by atoms with Crippen molar-refractivity contribution in [3.05, 3.63) is 22.2 Å². The minimum absolute atomic E-state index is 0.0584. The van der Waals surface area contributed by atoms with E-state index in [9.17, 15) is 9.59 Å². The zero-order valence-electron chi connectivity index (χ0n) is 16.6. The van der Waals surface area contributed by atoms with Crippen molar-refractivity contribution < 1.29 is 14.3 Å². The Morgan fingerprint density at radius 2 is 2.04 bits per heavy atom. The Bertz CT molecular complexity index is 801. The first-order chi connectivity index (χ1) is 13.4. The van der Waals surface area contributed by atoms with Crippen molar-refractivity contribution in [3.63, 3.8) is 0 Å². The van der Waals surface area contributed by atoms with Crippen LogP contribution in [0.4, 0.5) is 5.69 Å². The van der Waals surface area contributed by atoms with Gasteiger partial charge < -0.3 is 15.4 Å². The van der Waals surface area contributed by atoms with Crippen LogP contribution < -0.4 is 15.4 Å². The molecule has 3 heterocycles. The number of amides is 2. The molecule has 0 aromatic heterocycles. The van der Waals surface area contributed by atoms with Crippen molar-refractivity contribution in [2.75, 3.05) is 25.0 Å². The molecule has 152 valence electrons. The first-order valence-corrected chi connectivity index (χ1v) is 10.6. The summed E-state index contributed by atoms with van der Waals surface area (Å²) >= 11 is 6.40. The summed E-state index contributed by atoms with van der Waals surface area (Å²) in [6.45, 7) is 6.41. The van der Waals surface area contributed by atoms with E-state index in [1.807, 2.05) is 6.92 Å². The van der Waals surface area contributed by atoms with E-state index in [0.29, 0.717) is 35.0 Å². The number of fused-ring (bicyclic) bond motifs is 2. The topological polar surface area (TPSA) is 70.7 Å². The molecule has 4 rings (SSSR count). The van der Waals surface area contributed by atoms with Crippen LogP contribution >= 0.6 is 11.6 Å². The SMILES string of the molecule is CC(=O)Nc1c(Cl)cc(C(=O)NCCC23CCCN2CCC3)c2c1CC(C)O2. The van der Waals surface area contributed by atoms with E-state index in [0.717, 1.165) is 12.0 Å². The number of nitrogens with zero attached hydrogens (tertiary/aromatic N) is 1. The number of anilines is 1. The van der Waals surface area contributed by atoms with E-state index in [4.69, 9.17) is 16.3 Å². The summed E-state index contributed by atoms with van der Waals surface area (Å²) in [4.78, 5) is 27.0. The largest absolute Gasteiger partial charge is 0.489 e. The lowest BCUT2D eigenvalue weighted by Crippen LogP contribution is -2.41. The second-order valence-electron chi connectivity index (χ2n) is 8.33. The molecule has 1 aromatic rings. The zero-order valence-corrected chi connectivity index (χ0v) is 17.3. The highest BCUT2D eigenvalue weighted by Gasteiger charge is 2.43. The highest BCUT2D eigenvalue weighted by atomic mass is 35.5. The Labute approximate surface area is 170 Å². The third kappa shape index (κ3) is 3.48. The number of nitrogens with one attached hydrogen (secondary N) is 2. The minimum Gasteiger partial charge on any atom is -0.489 e. The summed E-state index contributed by atoms with van der Waals surface area (Å²) in [6.07, 6.45) is 6.52. The van der Waals surface area contributed by atoms with Gasteiger partial charge in [0.1, 0.15) is 11.9 Å². The fraction of sp³-hybridized carbons (Fsp3) is 0.619. The Morgan fingerprint density at radius 3 is 2.71 bits per heavy atom. The second-order valence-corrected chi connectivity index (χ2v) is 8.73. The number of carbonyl (C=O) groups is 2. The summed E-state index contributed by atoms with van der Waals surface area (Å²) < 4.78 is 5.91. The molecule has 0 aliphatic carbocycles. The number of rotatable bonds is 5. The van der Waals surface area contributed by atoms with Crippen molar-refractivity contribution >= 4 is 29.1 Å². The number of halogens is 1. The predicted octanol–water partition coefficient (Wildman–Crippen LogP) is 3.37. The van der Waals surface area contributed by atoms with Crippen molar-refractivity contribution in [1.29, 1.82) is 0 Å². The van der Waals surface area contributed by atoms with E-state index < -0.39 is 0 Å². The Morgan fingerprint density at radius 1 is 1.32 bits per heavy atom. The Hall–Kier alpha value is -1.79. The fourth-order valence-corrected chi connectivity index (χ4v) is 5.43. The van der Waals surface area contributed by atoms with Crippen LogP contribution in [-0.2, 0) is 11.2 Å². The molecule has 0 radical (unpaired) electrons. The molecule has 0 saturated carbocycles. The van der Waals surface area contributed by atoms with Crippen LogP contribution in [0.15, 0.2) is 6.07 Å². The number of ether oxygens (including phenoxy) is 1. The molecule has 0 bridgehead atoms. The fourth-order valence-electron chi connectivity index (χ4n) is 5.16. The van der Waals surface area contributed by atoms with E-state index in [-0.39, 0.29) is 23.5 Å². The summed E-state index contributed by atoms with van der Waals surface area (Å²) in [6, 6.07) is 1.61. The van der Waals surface area contributed by atoms with Gasteiger partial charge in [-0.25, -0.2) is 0 Å². The summed E-state index contributed by atoms with van der Waals surface area (Å²) in [7, 11) is 0. The highest BCUT2D eigenvalue weighted by molar-refractivity contribution is 6.34. The smallest absolute Gasteiger partial charge is 0.255 e. The monoisotopic (exact) mass is 405 g/mol. The average Bonchev–Trinajstić information content (AvgIpc) is 3.30. The number of hydrogen-bond donors (Lipinski definition) is 2. The molecule has 3 aliphatic rings. The van der Waals surface area contributed by atoms with Crippen LogP contribution in [0.25, 0.3) is 0 Å². The van der Waals surface area contributed by atoms with Crippen molar-refractivity contribution in [3.8, 4) is 5.75 Å². The lowest BCUT2D eigenvalue weighted by molar-refractivity contribution is -0.114. The third-order valence-electron chi connectivity index (χ3n) is 6.37. The predicted molar refractivity (Wildman–Crippen MR) is 109 cm³/mol. The number of benzene rings is 1. The van der Waals surface area contributed by atoms with Gasteiger partial charge in [-0.15, -0.1) is 0 Å². The van der Waals surface area contributed by atoms with Crippen LogP contribution in [0.2, 0.25) is 5.02 Å². The molecule has 6 nitrogen and oxygen atoms in total. The molecule has 2 saturated heterocycles. The minimum atomic E-state index is -0.196. The summed E-state index contributed by atoms with van der Waals surface area (Å²) in [5, 5.41) is 6.22. The van der Waals surface area contributed by atoms with Crippen LogP contribution in [0.3, 0.4) is 0 Å². The molecule has 28 heavy (non-hydrogen) atoms. The number of carbonyl (C=O) groups excluding carboxylic acids is 2. The molecule has 2 fully saturated rings. The maximum absolute atomic E-state index is 12.9. The van der Waals surface area contributed by atoms with E-state index in [1.54, 1.807) is 6.07 Å². The van der Waals surface area contributed by atoms with Gasteiger partial charge in [0.05, 0.1) is 16.3 Å². The molecule has 2 amide bonds. The quantitative estimate of drug-likeness (QED) is 0.787. The van der Waals surface area contributed by atoms with Gasteiger partial charge in [0.15, 0.2) is 0 Å². The van der Waals surface area contributed by atoms with Crippen molar-refractivity contribution in [1.82, 2.24) is 10.2 Å². The van der Waals surface area contributed by atoms with Gasteiger partial charge >= 0.3 is 0 Å². The third-order valence-corrected chi connectivity index (χ3v) is 6.67. The molecule has 7 heteroatoms. The van der Waals surface area contributed by atoms with Gasteiger partial charge in [-0.3, -0.25) is 14.5 Å². The van der Waals surface area contributed by atoms with Crippen molar-refractivity contribution in [2.24, 2.45) is 0 Å². The van der Waals surface area contributed by atoms with E-state index in [2.05, 4.69) is 15.5 Å². The maximum atomic E-state index is 12.9. The average molecular weight is 406 g/mol. The van der Waals surface area contributed by atoms with Crippen LogP contribution in [0, 0.1) is 0 Å². The second kappa shape index (κ2) is 7.56. The Balaban J connectivity index is 1.49. The first-order valence-electron chi connectivity index (χ1n) is 10.2. The highest BCUT2D eigenvalue weighted by Crippen LogP contribution is 2.43. The molecule has 1 unspecified atom stereocenters. The standard InChI is InChI=1S/C21H28ClN3O3/c1-13-11-15-18(24-14(2)26)17(22)12-16(19(15)28-13)20(27)23-8-7-21-5-3-9-25(21)10-4-6-21/h12-13H,3-11H2,1-2H3,(H,23,27)(H,24,26). The molecule has 1 aromatic carbocycles. The van der Waals surface area contributed by atoms with Crippen LogP contribution in [0.5, 0.6) is 5.75 Å². The van der Waals surface area contributed by atoms with Gasteiger partial charge in [0.25, 0.3) is 5.91 Å². The zero-order chi connectivity index (χ0) is 19.9. The molecular formula is C21H28ClN3O3. The maximum Gasteiger partial charge on any atom is 0.255 e. The van der Waals surface area contributed by atoms with Crippen molar-refractivity contribution in [2.45, 2.75) is 64.0 Å². The van der Waals surface area contributed by atoms with Crippen LogP contribution in [-0.4, -0.2) is 48.0 Å². The molecular weight excluding hydrogens is 378 g/mol. The van der Waals surface area contributed by atoms with Gasteiger partial charge in [-0.1, -0.05) is 11.6 Å². The van der Waals surface area contributed by atoms with E-state index in [1.165, 1.54) is 45.7 Å². The van der Waals surface area contributed by atoms with Gasteiger partial charge in [0.2, 0.25) is 5.91 Å². The first kappa shape index (κ1) is 19.5. The Kier molecular flexibility index (Phi) is 5.27. The molecule has 1 atom stereocenters. The number of hydrogen-bond acceptors (Lipinski definition) is 4. The van der Waals surface area contributed by atoms with Crippen LogP contribution in [0.1, 0.15) is 61.9 Å². The summed E-state index contributed by atoms with van der Waals surface area (Å²) in [5.41, 5.74) is 2.09.